The van der Waals surface area contributed by atoms with Crippen LogP contribution in [0.3, 0.4) is 0 Å². The summed E-state index contributed by atoms with van der Waals surface area (Å²) < 4.78 is 11.2. The Balaban J connectivity index is 1.50. The fourth-order valence-corrected chi connectivity index (χ4v) is 2.43. The van der Waals surface area contributed by atoms with Gasteiger partial charge in [0, 0.05) is 25.1 Å². The van der Waals surface area contributed by atoms with Gasteiger partial charge in [-0.15, -0.1) is 0 Å². The van der Waals surface area contributed by atoms with Gasteiger partial charge in [-0.1, -0.05) is 0 Å². The first kappa shape index (κ1) is 15.2. The standard InChI is InChI=1S/C16H18N4O3/c21-15(12-22-13-4-1-6-17-10-13)20-9-2-5-14(11-20)23-16-18-7-3-8-19-16/h1,3-4,6-8,10,14H,2,5,9,11-12H2. The maximum Gasteiger partial charge on any atom is 0.316 e. The molecule has 23 heavy (non-hydrogen) atoms. The van der Waals surface area contributed by atoms with Crippen LogP contribution in [-0.4, -0.2) is 51.6 Å². The second kappa shape index (κ2) is 7.53. The highest BCUT2D eigenvalue weighted by Gasteiger charge is 2.25. The van der Waals surface area contributed by atoms with E-state index >= 15 is 0 Å². The summed E-state index contributed by atoms with van der Waals surface area (Å²) in [6.07, 6.45) is 8.19. The number of carbonyl (C=O) groups excluding carboxylic acids is 1. The Bertz CT molecular complexity index is 624. The predicted molar refractivity (Wildman–Crippen MR) is 82.0 cm³/mol. The number of likely N-dealkylation sites (tertiary alicyclic amines) is 1. The quantitative estimate of drug-likeness (QED) is 0.828. The molecule has 0 radical (unpaired) electrons. The van der Waals surface area contributed by atoms with Gasteiger partial charge in [0.25, 0.3) is 5.91 Å². The molecule has 7 heteroatoms. The maximum atomic E-state index is 12.3. The van der Waals surface area contributed by atoms with Crippen LogP contribution in [0.2, 0.25) is 0 Å². The molecule has 1 aliphatic heterocycles. The van der Waals surface area contributed by atoms with E-state index in [4.69, 9.17) is 9.47 Å². The second-order valence-electron chi connectivity index (χ2n) is 5.23. The number of piperidine rings is 1. The van der Waals surface area contributed by atoms with Crippen molar-refractivity contribution in [2.45, 2.75) is 18.9 Å². The first-order valence-corrected chi connectivity index (χ1v) is 7.55. The molecule has 3 heterocycles. The first-order chi connectivity index (χ1) is 11.3. The molecule has 3 rings (SSSR count). The lowest BCUT2D eigenvalue weighted by Gasteiger charge is -2.32. The topological polar surface area (TPSA) is 77.4 Å². The molecule has 1 amide bonds. The van der Waals surface area contributed by atoms with Crippen LogP contribution in [-0.2, 0) is 4.79 Å². The molecule has 1 fully saturated rings. The normalized spacial score (nSPS) is 17.6. The zero-order valence-electron chi connectivity index (χ0n) is 12.7. The molecule has 0 aliphatic carbocycles. The van der Waals surface area contributed by atoms with Crippen molar-refractivity contribution < 1.29 is 14.3 Å². The summed E-state index contributed by atoms with van der Waals surface area (Å²) in [5.74, 6) is 0.527. The summed E-state index contributed by atoms with van der Waals surface area (Å²) in [6, 6.07) is 5.62. The molecular formula is C16H18N4O3. The molecule has 0 aromatic carbocycles. The molecule has 1 saturated heterocycles. The van der Waals surface area contributed by atoms with E-state index < -0.39 is 0 Å². The van der Waals surface area contributed by atoms with E-state index in [2.05, 4.69) is 15.0 Å². The van der Waals surface area contributed by atoms with Crippen LogP contribution in [0.5, 0.6) is 11.8 Å². The minimum atomic E-state index is -0.0894. The number of ether oxygens (including phenoxy) is 2. The Hall–Kier alpha value is -2.70. The van der Waals surface area contributed by atoms with Crippen molar-refractivity contribution in [1.29, 1.82) is 0 Å². The maximum absolute atomic E-state index is 12.3. The van der Waals surface area contributed by atoms with E-state index in [1.807, 2.05) is 0 Å². The molecule has 2 aromatic heterocycles. The van der Waals surface area contributed by atoms with Crippen LogP contribution in [0.25, 0.3) is 0 Å². The summed E-state index contributed by atoms with van der Waals surface area (Å²) in [5, 5.41) is 0. The van der Waals surface area contributed by atoms with Gasteiger partial charge in [-0.2, -0.15) is 0 Å². The number of nitrogens with zero attached hydrogens (tertiary/aromatic N) is 4. The molecule has 0 spiro atoms. The lowest BCUT2D eigenvalue weighted by atomic mass is 10.1. The molecule has 1 aliphatic rings. The third-order valence-corrected chi connectivity index (χ3v) is 3.54. The average molecular weight is 314 g/mol. The van der Waals surface area contributed by atoms with E-state index in [0.29, 0.717) is 24.8 Å². The highest BCUT2D eigenvalue weighted by molar-refractivity contribution is 5.77. The average Bonchev–Trinajstić information content (AvgIpc) is 2.62. The molecule has 2 aromatic rings. The van der Waals surface area contributed by atoms with Crippen molar-refractivity contribution in [2.75, 3.05) is 19.7 Å². The van der Waals surface area contributed by atoms with E-state index in [9.17, 15) is 4.79 Å². The summed E-state index contributed by atoms with van der Waals surface area (Å²) in [5.41, 5.74) is 0. The fraction of sp³-hybridized carbons (Fsp3) is 0.375. The van der Waals surface area contributed by atoms with Gasteiger partial charge in [0.1, 0.15) is 11.9 Å². The van der Waals surface area contributed by atoms with Crippen molar-refractivity contribution in [1.82, 2.24) is 19.9 Å². The van der Waals surface area contributed by atoms with Crippen molar-refractivity contribution in [3.63, 3.8) is 0 Å². The Morgan fingerprint density at radius 3 is 2.91 bits per heavy atom. The number of rotatable bonds is 5. The Morgan fingerprint density at radius 2 is 2.13 bits per heavy atom. The van der Waals surface area contributed by atoms with Gasteiger partial charge in [0.15, 0.2) is 6.61 Å². The zero-order chi connectivity index (χ0) is 15.9. The third kappa shape index (κ3) is 4.38. The highest BCUT2D eigenvalue weighted by Crippen LogP contribution is 2.15. The minimum Gasteiger partial charge on any atom is -0.482 e. The molecule has 1 atom stereocenters. The Kier molecular flexibility index (Phi) is 4.98. The van der Waals surface area contributed by atoms with Crippen LogP contribution < -0.4 is 9.47 Å². The number of carbonyl (C=O) groups is 1. The monoisotopic (exact) mass is 314 g/mol. The van der Waals surface area contributed by atoms with Crippen LogP contribution in [0.15, 0.2) is 43.0 Å². The van der Waals surface area contributed by atoms with Crippen LogP contribution in [0, 0.1) is 0 Å². The van der Waals surface area contributed by atoms with Crippen molar-refractivity contribution in [2.24, 2.45) is 0 Å². The van der Waals surface area contributed by atoms with E-state index in [-0.39, 0.29) is 18.6 Å². The predicted octanol–water partition coefficient (Wildman–Crippen LogP) is 1.32. The van der Waals surface area contributed by atoms with Gasteiger partial charge in [0.05, 0.1) is 12.7 Å². The van der Waals surface area contributed by atoms with Crippen LogP contribution >= 0.6 is 0 Å². The van der Waals surface area contributed by atoms with Crippen molar-refractivity contribution >= 4 is 5.91 Å². The smallest absolute Gasteiger partial charge is 0.316 e. The number of hydrogen-bond acceptors (Lipinski definition) is 6. The van der Waals surface area contributed by atoms with Gasteiger partial charge >= 0.3 is 6.01 Å². The second-order valence-corrected chi connectivity index (χ2v) is 5.23. The first-order valence-electron chi connectivity index (χ1n) is 7.55. The lowest BCUT2D eigenvalue weighted by molar-refractivity contribution is -0.136. The summed E-state index contributed by atoms with van der Waals surface area (Å²) in [4.78, 5) is 26.1. The Labute approximate surface area is 134 Å². The van der Waals surface area contributed by atoms with Crippen molar-refractivity contribution in [3.05, 3.63) is 43.0 Å². The molecule has 0 N–H and O–H groups in total. The summed E-state index contributed by atoms with van der Waals surface area (Å²) in [7, 11) is 0. The van der Waals surface area contributed by atoms with Gasteiger partial charge in [0.2, 0.25) is 0 Å². The van der Waals surface area contributed by atoms with Gasteiger partial charge in [-0.25, -0.2) is 9.97 Å². The SMILES string of the molecule is O=C(COc1cccnc1)N1CCCC(Oc2ncccn2)C1. The largest absolute Gasteiger partial charge is 0.482 e. The lowest BCUT2D eigenvalue weighted by Crippen LogP contribution is -2.46. The number of hydrogen-bond donors (Lipinski definition) is 0. The van der Waals surface area contributed by atoms with Gasteiger partial charge in [-0.05, 0) is 31.0 Å². The van der Waals surface area contributed by atoms with Gasteiger partial charge < -0.3 is 14.4 Å². The highest BCUT2D eigenvalue weighted by atomic mass is 16.5. The molecule has 1 unspecified atom stereocenters. The van der Waals surface area contributed by atoms with Gasteiger partial charge in [-0.3, -0.25) is 9.78 Å². The molecule has 0 saturated carbocycles. The van der Waals surface area contributed by atoms with E-state index in [1.165, 1.54) is 0 Å². The molecule has 120 valence electrons. The zero-order valence-corrected chi connectivity index (χ0v) is 12.7. The van der Waals surface area contributed by atoms with E-state index in [0.717, 1.165) is 12.8 Å². The number of pyridine rings is 1. The summed E-state index contributed by atoms with van der Waals surface area (Å²) in [6.45, 7) is 1.23. The summed E-state index contributed by atoms with van der Waals surface area (Å²) >= 11 is 0. The number of amides is 1. The van der Waals surface area contributed by atoms with Crippen LogP contribution in [0.4, 0.5) is 0 Å². The third-order valence-electron chi connectivity index (χ3n) is 3.54. The van der Waals surface area contributed by atoms with Crippen LogP contribution in [0.1, 0.15) is 12.8 Å². The van der Waals surface area contributed by atoms with Crippen molar-refractivity contribution in [3.8, 4) is 11.8 Å². The van der Waals surface area contributed by atoms with E-state index in [1.54, 1.807) is 47.9 Å². The number of aromatic nitrogens is 3. The molecular weight excluding hydrogens is 296 g/mol. The molecule has 0 bridgehead atoms. The molecule has 7 nitrogen and oxygen atoms in total. The minimum absolute atomic E-state index is 0.000248. The fourth-order valence-electron chi connectivity index (χ4n) is 2.43. The Morgan fingerprint density at radius 1 is 1.26 bits per heavy atom.